The zero-order valence-electron chi connectivity index (χ0n) is 11.3. The minimum Gasteiger partial charge on any atom is -0.301 e. The Balaban J connectivity index is 4.30. The van der Waals surface area contributed by atoms with Crippen molar-refractivity contribution >= 4 is 10.0 Å². The molecule has 0 unspecified atom stereocenters. The number of nitrogens with zero attached hydrogens (tertiary/aromatic N) is 3. The molecule has 0 amide bonds. The number of sulfonamides is 1. The Bertz CT molecular complexity index is 373. The molecule has 104 valence electrons. The van der Waals surface area contributed by atoms with E-state index in [9.17, 15) is 8.42 Å². The van der Waals surface area contributed by atoms with Crippen LogP contribution in [-0.4, -0.2) is 56.6 Å². The Morgan fingerprint density at radius 1 is 1.39 bits per heavy atom. The molecule has 5 nitrogen and oxygen atoms in total. The lowest BCUT2D eigenvalue weighted by Gasteiger charge is -2.23. The highest BCUT2D eigenvalue weighted by atomic mass is 32.2. The van der Waals surface area contributed by atoms with Crippen LogP contribution >= 0.6 is 0 Å². The van der Waals surface area contributed by atoms with Gasteiger partial charge in [0.1, 0.15) is 0 Å². The average molecular weight is 273 g/mol. The Kier molecular flexibility index (Phi) is 8.63. The molecular weight excluding hydrogens is 250 g/mol. The summed E-state index contributed by atoms with van der Waals surface area (Å²) in [6, 6.07) is 1.96. The second kappa shape index (κ2) is 9.09. The van der Waals surface area contributed by atoms with Crippen molar-refractivity contribution in [1.29, 1.82) is 5.26 Å². The summed E-state index contributed by atoms with van der Waals surface area (Å²) in [5.41, 5.74) is 0. The summed E-state index contributed by atoms with van der Waals surface area (Å²) in [6.45, 7) is 7.84. The molecular formula is C12H23N3O2S. The molecule has 0 heterocycles. The summed E-state index contributed by atoms with van der Waals surface area (Å²) in [5, 5.41) is 8.42. The zero-order chi connectivity index (χ0) is 14.0. The van der Waals surface area contributed by atoms with Crippen molar-refractivity contribution in [3.8, 4) is 6.07 Å². The number of likely N-dealkylation sites (N-methyl/N-ethyl adjacent to an activating group) is 2. The SMILES string of the molecule is C=CCN(C)CCN(CC)S(=O)(=O)CCCC#N. The molecule has 0 aliphatic carbocycles. The van der Waals surface area contributed by atoms with Crippen molar-refractivity contribution in [2.75, 3.05) is 39.0 Å². The van der Waals surface area contributed by atoms with Gasteiger partial charge in [0.05, 0.1) is 11.8 Å². The molecule has 6 heteroatoms. The van der Waals surface area contributed by atoms with Crippen LogP contribution in [0.5, 0.6) is 0 Å². The standard InChI is InChI=1S/C12H23N3O2S/c1-4-9-14(3)10-11-15(5-2)18(16,17)12-7-6-8-13/h4H,1,5-7,9-12H2,2-3H3. The third-order valence-electron chi connectivity index (χ3n) is 2.61. The zero-order valence-corrected chi connectivity index (χ0v) is 12.1. The maximum atomic E-state index is 12.0. The smallest absolute Gasteiger partial charge is 0.214 e. The first-order valence-corrected chi connectivity index (χ1v) is 7.73. The normalized spacial score (nSPS) is 11.7. The topological polar surface area (TPSA) is 64.4 Å². The van der Waals surface area contributed by atoms with Crippen LogP contribution in [0.3, 0.4) is 0 Å². The van der Waals surface area contributed by atoms with Crippen molar-refractivity contribution in [2.45, 2.75) is 19.8 Å². The summed E-state index contributed by atoms with van der Waals surface area (Å²) in [4.78, 5) is 2.01. The van der Waals surface area contributed by atoms with Gasteiger partial charge in [0.15, 0.2) is 0 Å². The largest absolute Gasteiger partial charge is 0.301 e. The molecule has 0 atom stereocenters. The Labute approximate surface area is 111 Å². The lowest BCUT2D eigenvalue weighted by molar-refractivity contribution is 0.319. The summed E-state index contributed by atoms with van der Waals surface area (Å²) in [7, 11) is -1.30. The maximum Gasteiger partial charge on any atom is 0.214 e. The molecule has 0 rings (SSSR count). The van der Waals surface area contributed by atoms with Crippen LogP contribution in [0.2, 0.25) is 0 Å². The number of rotatable bonds is 10. The minimum atomic E-state index is -3.23. The van der Waals surface area contributed by atoms with Crippen LogP contribution in [0.15, 0.2) is 12.7 Å². The highest BCUT2D eigenvalue weighted by Crippen LogP contribution is 2.04. The number of hydrogen-bond acceptors (Lipinski definition) is 4. The molecule has 0 aromatic carbocycles. The molecule has 0 aromatic heterocycles. The van der Waals surface area contributed by atoms with E-state index in [1.54, 1.807) is 6.08 Å². The quantitative estimate of drug-likeness (QED) is 0.441. The Morgan fingerprint density at radius 3 is 2.56 bits per heavy atom. The van der Waals surface area contributed by atoms with E-state index >= 15 is 0 Å². The van der Waals surface area contributed by atoms with Crippen LogP contribution in [-0.2, 0) is 10.0 Å². The van der Waals surface area contributed by atoms with E-state index in [2.05, 4.69) is 6.58 Å². The van der Waals surface area contributed by atoms with E-state index in [-0.39, 0.29) is 12.2 Å². The van der Waals surface area contributed by atoms with Crippen molar-refractivity contribution in [3.63, 3.8) is 0 Å². The van der Waals surface area contributed by atoms with Gasteiger partial charge < -0.3 is 4.90 Å². The molecule has 0 spiro atoms. The fourth-order valence-electron chi connectivity index (χ4n) is 1.55. The monoisotopic (exact) mass is 273 g/mol. The van der Waals surface area contributed by atoms with Crippen LogP contribution in [0.4, 0.5) is 0 Å². The van der Waals surface area contributed by atoms with Gasteiger partial charge in [-0.3, -0.25) is 0 Å². The van der Waals surface area contributed by atoms with Crippen molar-refractivity contribution in [2.24, 2.45) is 0 Å². The summed E-state index contributed by atoms with van der Waals surface area (Å²) >= 11 is 0. The first kappa shape index (κ1) is 17.1. The van der Waals surface area contributed by atoms with Crippen molar-refractivity contribution in [3.05, 3.63) is 12.7 Å². The lowest BCUT2D eigenvalue weighted by Crippen LogP contribution is -2.38. The van der Waals surface area contributed by atoms with E-state index in [0.717, 1.165) is 6.54 Å². The number of nitriles is 1. The van der Waals surface area contributed by atoms with Crippen molar-refractivity contribution in [1.82, 2.24) is 9.21 Å². The predicted molar refractivity (Wildman–Crippen MR) is 73.6 cm³/mol. The van der Waals surface area contributed by atoms with E-state index in [1.807, 2.05) is 24.9 Å². The van der Waals surface area contributed by atoms with Gasteiger partial charge in [-0.2, -0.15) is 5.26 Å². The molecule has 0 fully saturated rings. The van der Waals surface area contributed by atoms with E-state index in [1.165, 1.54) is 4.31 Å². The first-order valence-electron chi connectivity index (χ1n) is 6.12. The number of unbranched alkanes of at least 4 members (excludes halogenated alkanes) is 1. The van der Waals surface area contributed by atoms with Gasteiger partial charge in [-0.15, -0.1) is 6.58 Å². The summed E-state index contributed by atoms with van der Waals surface area (Å²) in [5.74, 6) is 0.0551. The number of hydrogen-bond donors (Lipinski definition) is 0. The predicted octanol–water partition coefficient (Wildman–Crippen LogP) is 1.06. The van der Waals surface area contributed by atoms with Gasteiger partial charge in [0, 0.05) is 32.6 Å². The van der Waals surface area contributed by atoms with Crippen molar-refractivity contribution < 1.29 is 8.42 Å². The fourth-order valence-corrected chi connectivity index (χ4v) is 3.07. The molecule has 18 heavy (non-hydrogen) atoms. The van der Waals surface area contributed by atoms with Crippen LogP contribution in [0.1, 0.15) is 19.8 Å². The molecule has 0 aromatic rings. The maximum absolute atomic E-state index is 12.0. The Morgan fingerprint density at radius 2 is 2.06 bits per heavy atom. The summed E-state index contributed by atoms with van der Waals surface area (Å²) in [6.07, 6.45) is 2.47. The van der Waals surface area contributed by atoms with Gasteiger partial charge in [-0.25, -0.2) is 12.7 Å². The van der Waals surface area contributed by atoms with Crippen LogP contribution in [0, 0.1) is 11.3 Å². The van der Waals surface area contributed by atoms with E-state index < -0.39 is 10.0 Å². The Hall–Kier alpha value is -0.900. The van der Waals surface area contributed by atoms with Crippen LogP contribution < -0.4 is 0 Å². The first-order chi connectivity index (χ1) is 8.47. The average Bonchev–Trinajstić information content (AvgIpc) is 2.30. The molecule has 0 saturated heterocycles. The van der Waals surface area contributed by atoms with Gasteiger partial charge in [0.25, 0.3) is 0 Å². The highest BCUT2D eigenvalue weighted by Gasteiger charge is 2.19. The lowest BCUT2D eigenvalue weighted by atomic mass is 10.4. The molecule has 0 aliphatic heterocycles. The van der Waals surface area contributed by atoms with E-state index in [0.29, 0.717) is 26.1 Å². The minimum absolute atomic E-state index is 0.0551. The van der Waals surface area contributed by atoms with E-state index in [4.69, 9.17) is 5.26 Å². The van der Waals surface area contributed by atoms with Gasteiger partial charge in [-0.05, 0) is 13.5 Å². The second-order valence-electron chi connectivity index (χ2n) is 4.12. The molecule has 0 radical (unpaired) electrons. The van der Waals surface area contributed by atoms with Gasteiger partial charge in [-0.1, -0.05) is 13.0 Å². The second-order valence-corrected chi connectivity index (χ2v) is 6.21. The third-order valence-corrected chi connectivity index (χ3v) is 4.64. The molecule has 0 N–H and O–H groups in total. The molecule has 0 aliphatic rings. The van der Waals surface area contributed by atoms with Gasteiger partial charge in [0.2, 0.25) is 10.0 Å². The summed E-state index contributed by atoms with van der Waals surface area (Å²) < 4.78 is 25.4. The van der Waals surface area contributed by atoms with Crippen LogP contribution in [0.25, 0.3) is 0 Å². The third kappa shape index (κ3) is 6.74. The molecule has 0 saturated carbocycles. The fraction of sp³-hybridized carbons (Fsp3) is 0.750. The highest BCUT2D eigenvalue weighted by molar-refractivity contribution is 7.89. The molecule has 0 bridgehead atoms. The van der Waals surface area contributed by atoms with Gasteiger partial charge >= 0.3 is 0 Å².